The van der Waals surface area contributed by atoms with Gasteiger partial charge in [0, 0.05) is 37.1 Å². The zero-order chi connectivity index (χ0) is 13.3. The maximum atomic E-state index is 5.97. The van der Waals surface area contributed by atoms with Crippen molar-refractivity contribution in [1.82, 2.24) is 10.2 Å². The minimum atomic E-state index is 0.326. The molecule has 3 atom stereocenters. The zero-order valence-corrected chi connectivity index (χ0v) is 12.7. The Morgan fingerprint density at radius 1 is 1.16 bits per heavy atom. The van der Waals surface area contributed by atoms with Crippen LogP contribution in [0.4, 0.5) is 0 Å². The second-order valence-electron chi connectivity index (χ2n) is 7.25. The number of piperidine rings is 1. The van der Waals surface area contributed by atoms with Crippen LogP contribution in [0.3, 0.4) is 0 Å². The quantitative estimate of drug-likeness (QED) is 0.845. The molecule has 3 fully saturated rings. The van der Waals surface area contributed by atoms with Gasteiger partial charge in [-0.1, -0.05) is 20.3 Å². The summed E-state index contributed by atoms with van der Waals surface area (Å²) in [5, 5.41) is 3.83. The highest BCUT2D eigenvalue weighted by molar-refractivity contribution is 5.10. The molecule has 0 bridgehead atoms. The van der Waals surface area contributed by atoms with Crippen LogP contribution in [0.15, 0.2) is 0 Å². The molecule has 0 aromatic carbocycles. The van der Waals surface area contributed by atoms with Gasteiger partial charge in [-0.05, 0) is 38.8 Å². The largest absolute Gasteiger partial charge is 0.377 e. The van der Waals surface area contributed by atoms with Crippen LogP contribution in [0.25, 0.3) is 0 Å². The highest BCUT2D eigenvalue weighted by Gasteiger charge is 2.57. The van der Waals surface area contributed by atoms with Crippen LogP contribution in [0, 0.1) is 11.3 Å². The summed E-state index contributed by atoms with van der Waals surface area (Å²) in [6.07, 6.45) is 7.34. The lowest BCUT2D eigenvalue weighted by molar-refractivity contribution is -0.192. The minimum absolute atomic E-state index is 0.326. The third-order valence-electron chi connectivity index (χ3n) is 5.57. The van der Waals surface area contributed by atoms with E-state index < -0.39 is 0 Å². The van der Waals surface area contributed by atoms with Crippen LogP contribution in [0.5, 0.6) is 0 Å². The molecule has 19 heavy (non-hydrogen) atoms. The molecule has 110 valence electrons. The molecule has 3 heteroatoms. The molecule has 1 aliphatic carbocycles. The Hall–Kier alpha value is -0.120. The van der Waals surface area contributed by atoms with Crippen molar-refractivity contribution in [1.29, 1.82) is 0 Å². The molecule has 3 unspecified atom stereocenters. The van der Waals surface area contributed by atoms with Gasteiger partial charge in [0.2, 0.25) is 0 Å². The van der Waals surface area contributed by atoms with E-state index in [2.05, 4.69) is 24.1 Å². The molecule has 0 spiro atoms. The fraction of sp³-hybridized carbons (Fsp3) is 1.00. The Balaban J connectivity index is 1.44. The van der Waals surface area contributed by atoms with E-state index in [4.69, 9.17) is 4.74 Å². The maximum absolute atomic E-state index is 5.97. The first-order valence-corrected chi connectivity index (χ1v) is 8.27. The van der Waals surface area contributed by atoms with Crippen LogP contribution in [0.2, 0.25) is 0 Å². The Morgan fingerprint density at radius 2 is 1.95 bits per heavy atom. The van der Waals surface area contributed by atoms with Crippen molar-refractivity contribution in [3.8, 4) is 0 Å². The number of likely N-dealkylation sites (tertiary alicyclic amines) is 1. The summed E-state index contributed by atoms with van der Waals surface area (Å²) in [5.74, 6) is 0.769. The summed E-state index contributed by atoms with van der Waals surface area (Å²) in [6, 6.07) is 0.669. The lowest BCUT2D eigenvalue weighted by Gasteiger charge is -2.60. The Bertz CT molecular complexity index is 299. The molecule has 3 rings (SSSR count). The maximum Gasteiger partial charge on any atom is 0.0684 e. The number of ether oxygens (including phenoxy) is 1. The molecule has 2 saturated heterocycles. The van der Waals surface area contributed by atoms with Gasteiger partial charge in [0.1, 0.15) is 0 Å². The van der Waals surface area contributed by atoms with Crippen LogP contribution in [-0.4, -0.2) is 49.8 Å². The first-order valence-electron chi connectivity index (χ1n) is 8.27. The summed E-state index contributed by atoms with van der Waals surface area (Å²) in [5.41, 5.74) is 0.326. The molecule has 0 aromatic rings. The van der Waals surface area contributed by atoms with Crippen molar-refractivity contribution in [2.45, 2.75) is 58.1 Å². The topological polar surface area (TPSA) is 24.5 Å². The predicted molar refractivity (Wildman–Crippen MR) is 78.3 cm³/mol. The van der Waals surface area contributed by atoms with Crippen molar-refractivity contribution in [2.24, 2.45) is 11.3 Å². The number of rotatable bonds is 4. The molecule has 1 N–H and O–H groups in total. The third kappa shape index (κ3) is 2.70. The van der Waals surface area contributed by atoms with Crippen molar-refractivity contribution in [3.05, 3.63) is 0 Å². The SMILES string of the molecule is CC1(C)C(NCCN2CCCCC2)C2CCCOC21. The molecule has 0 aromatic heterocycles. The van der Waals surface area contributed by atoms with Crippen molar-refractivity contribution in [3.63, 3.8) is 0 Å². The highest BCUT2D eigenvalue weighted by Crippen LogP contribution is 2.51. The highest BCUT2D eigenvalue weighted by atomic mass is 16.5. The minimum Gasteiger partial charge on any atom is -0.377 e. The molecule has 1 saturated carbocycles. The lowest BCUT2D eigenvalue weighted by atomic mass is 9.55. The molecule has 3 nitrogen and oxygen atoms in total. The zero-order valence-electron chi connectivity index (χ0n) is 12.7. The number of hydrogen-bond acceptors (Lipinski definition) is 3. The van der Waals surface area contributed by atoms with E-state index in [0.717, 1.165) is 19.1 Å². The number of fused-ring (bicyclic) bond motifs is 1. The molecular weight excluding hydrogens is 236 g/mol. The van der Waals surface area contributed by atoms with E-state index in [0.29, 0.717) is 17.6 Å². The molecule has 2 heterocycles. The van der Waals surface area contributed by atoms with Crippen molar-refractivity contribution in [2.75, 3.05) is 32.8 Å². The molecule has 0 radical (unpaired) electrons. The van der Waals surface area contributed by atoms with Gasteiger partial charge in [0.25, 0.3) is 0 Å². The summed E-state index contributed by atoms with van der Waals surface area (Å²) >= 11 is 0. The summed E-state index contributed by atoms with van der Waals surface area (Å²) in [4.78, 5) is 2.62. The fourth-order valence-electron chi connectivity index (χ4n) is 4.50. The molecular formula is C16H30N2O. The summed E-state index contributed by atoms with van der Waals surface area (Å²) in [6.45, 7) is 10.7. The normalized spacial score (nSPS) is 38.5. The van der Waals surface area contributed by atoms with Gasteiger partial charge in [-0.2, -0.15) is 0 Å². The monoisotopic (exact) mass is 266 g/mol. The van der Waals surface area contributed by atoms with Gasteiger partial charge in [-0.25, -0.2) is 0 Å². The third-order valence-corrected chi connectivity index (χ3v) is 5.57. The average molecular weight is 266 g/mol. The Labute approximate surface area is 118 Å². The van der Waals surface area contributed by atoms with Crippen molar-refractivity contribution >= 4 is 0 Å². The molecule has 0 amide bonds. The lowest BCUT2D eigenvalue weighted by Crippen LogP contribution is -2.69. The summed E-state index contributed by atoms with van der Waals surface area (Å²) < 4.78 is 5.97. The first-order chi connectivity index (χ1) is 9.19. The molecule has 2 aliphatic heterocycles. The van der Waals surface area contributed by atoms with Gasteiger partial charge in [0.05, 0.1) is 6.10 Å². The standard InChI is InChI=1S/C16H30N2O/c1-16(2)14(13-7-6-12-19-15(13)16)17-8-11-18-9-4-3-5-10-18/h13-15,17H,3-12H2,1-2H3. The Morgan fingerprint density at radius 3 is 2.74 bits per heavy atom. The van der Waals surface area contributed by atoms with Gasteiger partial charge in [-0.3, -0.25) is 0 Å². The van der Waals surface area contributed by atoms with E-state index in [1.54, 1.807) is 0 Å². The second kappa shape index (κ2) is 5.71. The van der Waals surface area contributed by atoms with E-state index in [-0.39, 0.29) is 0 Å². The molecule has 3 aliphatic rings. The predicted octanol–water partition coefficient (Wildman–Crippen LogP) is 2.27. The second-order valence-corrected chi connectivity index (χ2v) is 7.25. The van der Waals surface area contributed by atoms with Gasteiger partial charge in [-0.15, -0.1) is 0 Å². The fourth-order valence-corrected chi connectivity index (χ4v) is 4.50. The Kier molecular flexibility index (Phi) is 4.16. The summed E-state index contributed by atoms with van der Waals surface area (Å²) in [7, 11) is 0. The number of nitrogens with zero attached hydrogens (tertiary/aromatic N) is 1. The van der Waals surface area contributed by atoms with E-state index >= 15 is 0 Å². The number of hydrogen-bond donors (Lipinski definition) is 1. The van der Waals surface area contributed by atoms with Gasteiger partial charge < -0.3 is 15.0 Å². The van der Waals surface area contributed by atoms with Crippen molar-refractivity contribution < 1.29 is 4.74 Å². The van der Waals surface area contributed by atoms with Gasteiger partial charge >= 0.3 is 0 Å². The van der Waals surface area contributed by atoms with Crippen LogP contribution in [0.1, 0.15) is 46.0 Å². The van der Waals surface area contributed by atoms with Gasteiger partial charge in [0.15, 0.2) is 0 Å². The average Bonchev–Trinajstić information content (AvgIpc) is 2.44. The van der Waals surface area contributed by atoms with E-state index in [9.17, 15) is 0 Å². The van der Waals surface area contributed by atoms with Crippen LogP contribution >= 0.6 is 0 Å². The smallest absolute Gasteiger partial charge is 0.0684 e. The van der Waals surface area contributed by atoms with Crippen LogP contribution < -0.4 is 5.32 Å². The van der Waals surface area contributed by atoms with Crippen LogP contribution in [-0.2, 0) is 4.74 Å². The van der Waals surface area contributed by atoms with E-state index in [1.807, 2.05) is 0 Å². The van der Waals surface area contributed by atoms with E-state index in [1.165, 1.54) is 51.7 Å². The number of nitrogens with one attached hydrogen (secondary N) is 1. The first kappa shape index (κ1) is 13.8.